The molecule has 18 heavy (non-hydrogen) atoms. The quantitative estimate of drug-likeness (QED) is 0.729. The van der Waals surface area contributed by atoms with Gasteiger partial charge in [-0.25, -0.2) is 0 Å². The van der Waals surface area contributed by atoms with Crippen LogP contribution in [0.1, 0.15) is 26.2 Å². The maximum atomic E-state index is 11.4. The van der Waals surface area contributed by atoms with Crippen LogP contribution in [0.5, 0.6) is 0 Å². The number of rotatable bonds is 6. The minimum Gasteiger partial charge on any atom is -0.374 e. The summed E-state index contributed by atoms with van der Waals surface area (Å²) in [6.07, 6.45) is 4.54. The number of nitrogens with zero attached hydrogens (tertiary/aromatic N) is 1. The van der Waals surface area contributed by atoms with Crippen molar-refractivity contribution in [2.24, 2.45) is 5.73 Å². The highest BCUT2D eigenvalue weighted by atomic mass is 16.1. The summed E-state index contributed by atoms with van der Waals surface area (Å²) < 4.78 is 0. The van der Waals surface area contributed by atoms with Crippen LogP contribution in [-0.2, 0) is 4.79 Å². The van der Waals surface area contributed by atoms with Crippen molar-refractivity contribution in [3.8, 4) is 0 Å². The van der Waals surface area contributed by atoms with Crippen LogP contribution in [0.15, 0.2) is 24.4 Å². The molecule has 2 rings (SSSR count). The van der Waals surface area contributed by atoms with E-state index in [4.69, 9.17) is 5.73 Å². The average molecular weight is 246 g/mol. The zero-order valence-corrected chi connectivity index (χ0v) is 10.4. The second kappa shape index (κ2) is 5.53. The summed E-state index contributed by atoms with van der Waals surface area (Å²) in [5.74, 6) is -0.309. The van der Waals surface area contributed by atoms with E-state index < -0.39 is 0 Å². The van der Waals surface area contributed by atoms with E-state index in [1.165, 1.54) is 0 Å². The first kappa shape index (κ1) is 12.4. The average Bonchev–Trinajstić information content (AvgIpc) is 2.81. The standard InChI is InChI=1S/C13H18N4O/c1-2-3-4-12(13(14)18)16-10-5-6-11-9(7-10)8-15-17-11/h5-8,12,16H,2-4H2,1H3,(H2,14,18)(H,15,17). The first-order valence-electron chi connectivity index (χ1n) is 6.19. The van der Waals surface area contributed by atoms with Crippen molar-refractivity contribution in [2.45, 2.75) is 32.2 Å². The Kier molecular flexibility index (Phi) is 3.82. The first-order valence-corrected chi connectivity index (χ1v) is 6.19. The Bertz CT molecular complexity index is 535. The third-order valence-electron chi connectivity index (χ3n) is 2.97. The highest BCUT2D eigenvalue weighted by Gasteiger charge is 2.14. The van der Waals surface area contributed by atoms with Crippen LogP contribution in [0.4, 0.5) is 5.69 Å². The van der Waals surface area contributed by atoms with Gasteiger partial charge in [0.1, 0.15) is 6.04 Å². The van der Waals surface area contributed by atoms with Crippen molar-refractivity contribution in [2.75, 3.05) is 5.32 Å². The highest BCUT2D eigenvalue weighted by molar-refractivity contribution is 5.85. The number of nitrogens with two attached hydrogens (primary N) is 1. The smallest absolute Gasteiger partial charge is 0.239 e. The second-order valence-electron chi connectivity index (χ2n) is 4.41. The second-order valence-corrected chi connectivity index (χ2v) is 4.41. The third-order valence-corrected chi connectivity index (χ3v) is 2.97. The molecule has 0 saturated carbocycles. The van der Waals surface area contributed by atoms with Crippen LogP contribution in [-0.4, -0.2) is 22.1 Å². The van der Waals surface area contributed by atoms with Crippen LogP contribution in [0.2, 0.25) is 0 Å². The summed E-state index contributed by atoms with van der Waals surface area (Å²) in [6.45, 7) is 2.09. The Morgan fingerprint density at radius 2 is 2.39 bits per heavy atom. The number of hydrogen-bond acceptors (Lipinski definition) is 3. The Labute approximate surface area is 106 Å². The molecule has 1 aromatic carbocycles. The zero-order valence-electron chi connectivity index (χ0n) is 10.4. The molecule has 4 N–H and O–H groups in total. The van der Waals surface area contributed by atoms with E-state index in [2.05, 4.69) is 22.4 Å². The molecule has 1 unspecified atom stereocenters. The number of aromatic amines is 1. The first-order chi connectivity index (χ1) is 8.70. The van der Waals surface area contributed by atoms with Crippen molar-refractivity contribution in [3.63, 3.8) is 0 Å². The van der Waals surface area contributed by atoms with Gasteiger partial charge in [-0.2, -0.15) is 5.10 Å². The molecule has 0 fully saturated rings. The number of carbonyl (C=O) groups is 1. The fourth-order valence-corrected chi connectivity index (χ4v) is 1.93. The molecular weight excluding hydrogens is 228 g/mol. The van der Waals surface area contributed by atoms with Crippen LogP contribution in [0.3, 0.4) is 0 Å². The van der Waals surface area contributed by atoms with E-state index in [0.717, 1.165) is 35.9 Å². The zero-order chi connectivity index (χ0) is 13.0. The summed E-state index contributed by atoms with van der Waals surface area (Å²) in [5, 5.41) is 11.0. The molecule has 1 amide bonds. The van der Waals surface area contributed by atoms with Gasteiger partial charge < -0.3 is 11.1 Å². The minimum atomic E-state index is -0.311. The number of primary amides is 1. The van der Waals surface area contributed by atoms with E-state index in [1.54, 1.807) is 6.20 Å². The van der Waals surface area contributed by atoms with E-state index >= 15 is 0 Å². The number of H-pyrrole nitrogens is 1. The molecule has 5 nitrogen and oxygen atoms in total. The Morgan fingerprint density at radius 3 is 3.11 bits per heavy atom. The van der Waals surface area contributed by atoms with Gasteiger partial charge in [0.15, 0.2) is 0 Å². The van der Waals surface area contributed by atoms with E-state index in [-0.39, 0.29) is 11.9 Å². The van der Waals surface area contributed by atoms with Crippen molar-refractivity contribution in [3.05, 3.63) is 24.4 Å². The van der Waals surface area contributed by atoms with Gasteiger partial charge in [-0.15, -0.1) is 0 Å². The number of hydrogen-bond donors (Lipinski definition) is 3. The lowest BCUT2D eigenvalue weighted by atomic mass is 10.1. The Morgan fingerprint density at radius 1 is 1.56 bits per heavy atom. The van der Waals surface area contributed by atoms with Gasteiger partial charge in [0, 0.05) is 11.1 Å². The third kappa shape index (κ3) is 2.80. The van der Waals surface area contributed by atoms with E-state index in [9.17, 15) is 4.79 Å². The Balaban J connectivity index is 2.11. The molecule has 1 aromatic heterocycles. The van der Waals surface area contributed by atoms with Gasteiger partial charge in [0.2, 0.25) is 5.91 Å². The van der Waals surface area contributed by atoms with Crippen molar-refractivity contribution in [1.29, 1.82) is 0 Å². The fourth-order valence-electron chi connectivity index (χ4n) is 1.93. The largest absolute Gasteiger partial charge is 0.374 e. The van der Waals surface area contributed by atoms with E-state index in [1.807, 2.05) is 18.2 Å². The number of benzene rings is 1. The Hall–Kier alpha value is -2.04. The molecule has 1 heterocycles. The maximum Gasteiger partial charge on any atom is 0.239 e. The lowest BCUT2D eigenvalue weighted by Crippen LogP contribution is -2.35. The molecule has 0 spiro atoms. The van der Waals surface area contributed by atoms with Gasteiger partial charge in [-0.05, 0) is 24.6 Å². The minimum absolute atomic E-state index is 0.309. The normalized spacial score (nSPS) is 12.5. The topological polar surface area (TPSA) is 83.8 Å². The number of fused-ring (bicyclic) bond motifs is 1. The van der Waals surface area contributed by atoms with Crippen LogP contribution >= 0.6 is 0 Å². The summed E-state index contributed by atoms with van der Waals surface area (Å²) in [6, 6.07) is 5.50. The van der Waals surface area contributed by atoms with Crippen molar-refractivity contribution in [1.82, 2.24) is 10.2 Å². The molecule has 5 heteroatoms. The molecule has 2 aromatic rings. The van der Waals surface area contributed by atoms with Gasteiger partial charge >= 0.3 is 0 Å². The molecule has 0 aliphatic heterocycles. The summed E-state index contributed by atoms with van der Waals surface area (Å²) in [5.41, 5.74) is 7.27. The number of anilines is 1. The predicted molar refractivity (Wildman–Crippen MR) is 72.2 cm³/mol. The molecule has 96 valence electrons. The van der Waals surface area contributed by atoms with Gasteiger partial charge in [-0.3, -0.25) is 9.89 Å². The molecule has 0 aliphatic carbocycles. The van der Waals surface area contributed by atoms with Gasteiger partial charge in [0.05, 0.1) is 11.7 Å². The molecule has 0 radical (unpaired) electrons. The summed E-state index contributed by atoms with van der Waals surface area (Å²) >= 11 is 0. The number of nitrogens with one attached hydrogen (secondary N) is 2. The number of carbonyl (C=O) groups excluding carboxylic acids is 1. The van der Waals surface area contributed by atoms with Crippen LogP contribution in [0.25, 0.3) is 10.9 Å². The predicted octanol–water partition coefficient (Wildman–Crippen LogP) is 2.02. The van der Waals surface area contributed by atoms with Crippen molar-refractivity contribution < 1.29 is 4.79 Å². The maximum absolute atomic E-state index is 11.4. The van der Waals surface area contributed by atoms with Crippen LogP contribution < -0.4 is 11.1 Å². The molecule has 1 atom stereocenters. The van der Waals surface area contributed by atoms with Crippen LogP contribution in [0, 0.1) is 0 Å². The number of aromatic nitrogens is 2. The molecule has 0 bridgehead atoms. The molecule has 0 aliphatic rings. The SMILES string of the molecule is CCCCC(Nc1ccc2[nH]ncc2c1)C(N)=O. The summed E-state index contributed by atoms with van der Waals surface area (Å²) in [4.78, 5) is 11.4. The molecular formula is C13H18N4O. The lowest BCUT2D eigenvalue weighted by molar-refractivity contribution is -0.118. The summed E-state index contributed by atoms with van der Waals surface area (Å²) in [7, 11) is 0. The van der Waals surface area contributed by atoms with Gasteiger partial charge in [-0.1, -0.05) is 19.8 Å². The molecule has 0 saturated heterocycles. The fraction of sp³-hybridized carbons (Fsp3) is 0.385. The monoisotopic (exact) mass is 246 g/mol. The number of unbranched alkanes of at least 4 members (excludes halogenated alkanes) is 1. The van der Waals surface area contributed by atoms with Crippen molar-refractivity contribution >= 4 is 22.5 Å². The highest BCUT2D eigenvalue weighted by Crippen LogP contribution is 2.18. The van der Waals surface area contributed by atoms with E-state index in [0.29, 0.717) is 0 Å². The van der Waals surface area contributed by atoms with Gasteiger partial charge in [0.25, 0.3) is 0 Å². The number of amides is 1. The lowest BCUT2D eigenvalue weighted by Gasteiger charge is -2.16.